The Balaban J connectivity index is 1.91. The normalized spacial score (nSPS) is 25.3. The minimum absolute atomic E-state index is 0.0610. The molecule has 1 fully saturated rings. The van der Waals surface area contributed by atoms with E-state index < -0.39 is 10.8 Å². The van der Waals surface area contributed by atoms with Crippen LogP contribution in [0.3, 0.4) is 0 Å². The smallest absolute Gasteiger partial charge is 0.263 e. The number of fused-ring (bicyclic) bond motifs is 3. The summed E-state index contributed by atoms with van der Waals surface area (Å²) >= 11 is 7.11. The van der Waals surface area contributed by atoms with Crippen molar-refractivity contribution in [2.75, 3.05) is 11.5 Å². The highest BCUT2D eigenvalue weighted by atomic mass is 32.2. The Bertz CT molecular complexity index is 851. The van der Waals surface area contributed by atoms with Crippen molar-refractivity contribution in [2.24, 2.45) is 0 Å². The number of aromatic amines is 1. The molecule has 2 aliphatic rings. The highest BCUT2D eigenvalue weighted by Crippen LogP contribution is 2.35. The number of aromatic nitrogens is 2. The minimum Gasteiger partial charge on any atom is -0.323 e. The van der Waals surface area contributed by atoms with Crippen molar-refractivity contribution >= 4 is 44.6 Å². The summed E-state index contributed by atoms with van der Waals surface area (Å²) in [6.07, 6.45) is 4.79. The maximum atomic E-state index is 13.0. The van der Waals surface area contributed by atoms with E-state index in [9.17, 15) is 9.00 Å². The molecule has 1 saturated heterocycles. The molecule has 0 atom stereocenters. The van der Waals surface area contributed by atoms with Crippen molar-refractivity contribution in [1.29, 1.82) is 0 Å². The topological polar surface area (TPSA) is 54.9 Å². The van der Waals surface area contributed by atoms with E-state index in [1.54, 1.807) is 15.9 Å². The Morgan fingerprint density at radius 2 is 2.05 bits per heavy atom. The third kappa shape index (κ3) is 2.17. The number of hydrogen-bond donors (Lipinski definition) is 1. The number of H-pyrrole nitrogens is 1. The molecule has 0 aromatic carbocycles. The first-order valence-corrected chi connectivity index (χ1v) is 10.0. The second-order valence-electron chi connectivity index (χ2n) is 5.75. The molecule has 0 amide bonds. The van der Waals surface area contributed by atoms with Crippen molar-refractivity contribution in [1.82, 2.24) is 9.55 Å². The number of rotatable bonds is 1. The molecule has 4 rings (SSSR count). The van der Waals surface area contributed by atoms with Crippen LogP contribution in [0, 0.1) is 4.77 Å². The fourth-order valence-electron chi connectivity index (χ4n) is 3.46. The van der Waals surface area contributed by atoms with E-state index in [-0.39, 0.29) is 11.6 Å². The van der Waals surface area contributed by atoms with Crippen LogP contribution in [-0.2, 0) is 23.6 Å². The Kier molecular flexibility index (Phi) is 3.39. The SMILES string of the molecule is O=c1c2c3c(sc2[nH]c(=S)n1C1CCS(=O)CC1)CCC3. The van der Waals surface area contributed by atoms with E-state index in [0.29, 0.717) is 16.3 Å². The molecule has 7 heteroatoms. The quantitative estimate of drug-likeness (QED) is 0.812. The van der Waals surface area contributed by atoms with Crippen LogP contribution >= 0.6 is 23.6 Å². The van der Waals surface area contributed by atoms with Gasteiger partial charge in [-0.15, -0.1) is 11.3 Å². The fourth-order valence-corrected chi connectivity index (χ4v) is 6.41. The van der Waals surface area contributed by atoms with Gasteiger partial charge in [-0.1, -0.05) is 0 Å². The van der Waals surface area contributed by atoms with E-state index in [0.717, 1.165) is 42.3 Å². The average molecular weight is 340 g/mol. The van der Waals surface area contributed by atoms with Gasteiger partial charge >= 0.3 is 0 Å². The highest BCUT2D eigenvalue weighted by molar-refractivity contribution is 7.85. The molecular weight excluding hydrogens is 324 g/mol. The number of nitrogens with zero attached hydrogens (tertiary/aromatic N) is 1. The van der Waals surface area contributed by atoms with Gasteiger partial charge in [-0.2, -0.15) is 0 Å². The highest BCUT2D eigenvalue weighted by Gasteiger charge is 2.25. The summed E-state index contributed by atoms with van der Waals surface area (Å²) in [5.41, 5.74) is 1.30. The van der Waals surface area contributed by atoms with Gasteiger partial charge in [0.1, 0.15) is 4.83 Å². The molecule has 1 aliphatic heterocycles. The summed E-state index contributed by atoms with van der Waals surface area (Å²) in [7, 11) is -0.724. The molecule has 2 aromatic rings. The minimum atomic E-state index is -0.724. The molecule has 0 unspecified atom stereocenters. The van der Waals surface area contributed by atoms with E-state index in [4.69, 9.17) is 12.2 Å². The van der Waals surface area contributed by atoms with Crippen molar-refractivity contribution in [3.05, 3.63) is 25.6 Å². The Morgan fingerprint density at radius 3 is 2.81 bits per heavy atom. The molecule has 112 valence electrons. The predicted octanol–water partition coefficient (Wildman–Crippen LogP) is 2.69. The van der Waals surface area contributed by atoms with Crippen molar-refractivity contribution < 1.29 is 4.21 Å². The summed E-state index contributed by atoms with van der Waals surface area (Å²) in [6, 6.07) is 0.0975. The van der Waals surface area contributed by atoms with Crippen LogP contribution in [0.4, 0.5) is 0 Å². The molecule has 2 aromatic heterocycles. The van der Waals surface area contributed by atoms with Gasteiger partial charge in [-0.05, 0) is 49.9 Å². The van der Waals surface area contributed by atoms with Gasteiger partial charge < -0.3 is 4.98 Å². The number of hydrogen-bond acceptors (Lipinski definition) is 4. The summed E-state index contributed by atoms with van der Waals surface area (Å²) < 4.78 is 13.8. The van der Waals surface area contributed by atoms with E-state index in [2.05, 4.69) is 4.98 Å². The first-order valence-electron chi connectivity index (χ1n) is 7.29. The van der Waals surface area contributed by atoms with Crippen LogP contribution in [0.1, 0.15) is 35.7 Å². The van der Waals surface area contributed by atoms with Gasteiger partial charge in [0.15, 0.2) is 4.77 Å². The zero-order valence-corrected chi connectivity index (χ0v) is 14.0. The molecule has 0 radical (unpaired) electrons. The molecule has 4 nitrogen and oxygen atoms in total. The second-order valence-corrected chi connectivity index (χ2v) is 8.93. The molecule has 0 bridgehead atoms. The lowest BCUT2D eigenvalue weighted by Gasteiger charge is -2.23. The third-order valence-corrected chi connectivity index (χ3v) is 7.40. The van der Waals surface area contributed by atoms with Crippen LogP contribution < -0.4 is 5.56 Å². The molecule has 0 saturated carbocycles. The number of nitrogens with one attached hydrogen (secondary N) is 1. The van der Waals surface area contributed by atoms with Gasteiger partial charge in [-0.25, -0.2) is 0 Å². The van der Waals surface area contributed by atoms with E-state index in [1.165, 1.54) is 10.4 Å². The summed E-state index contributed by atoms with van der Waals surface area (Å²) in [6.45, 7) is 0. The Labute approximate surface area is 133 Å². The molecule has 21 heavy (non-hydrogen) atoms. The lowest BCUT2D eigenvalue weighted by molar-refractivity contribution is 0.442. The number of thiophene rings is 1. The Morgan fingerprint density at radius 1 is 1.29 bits per heavy atom. The molecule has 0 spiro atoms. The molecule has 1 aliphatic carbocycles. The van der Waals surface area contributed by atoms with Gasteiger partial charge in [0.05, 0.1) is 5.39 Å². The van der Waals surface area contributed by atoms with Crippen LogP contribution in [0.25, 0.3) is 10.2 Å². The average Bonchev–Trinajstić information content (AvgIpc) is 3.00. The van der Waals surface area contributed by atoms with E-state index in [1.807, 2.05) is 0 Å². The van der Waals surface area contributed by atoms with E-state index >= 15 is 0 Å². The first-order chi connectivity index (χ1) is 10.1. The summed E-state index contributed by atoms with van der Waals surface area (Å²) in [5, 5.41) is 0.854. The lowest BCUT2D eigenvalue weighted by atomic mass is 10.1. The van der Waals surface area contributed by atoms with Gasteiger partial charge in [0, 0.05) is 33.2 Å². The molecular formula is C14H16N2O2S3. The van der Waals surface area contributed by atoms with Crippen LogP contribution in [0.15, 0.2) is 4.79 Å². The van der Waals surface area contributed by atoms with Crippen LogP contribution in [-0.4, -0.2) is 25.3 Å². The molecule has 1 N–H and O–H groups in total. The summed E-state index contributed by atoms with van der Waals surface area (Å²) in [5.74, 6) is 1.34. The lowest BCUT2D eigenvalue weighted by Crippen LogP contribution is -2.31. The predicted molar refractivity (Wildman–Crippen MR) is 89.4 cm³/mol. The van der Waals surface area contributed by atoms with Crippen LogP contribution in [0.2, 0.25) is 0 Å². The standard InChI is InChI=1S/C14H16N2O2S3/c17-13-11-9-2-1-3-10(9)20-12(11)15-14(19)16(13)8-4-6-21(18)7-5-8/h8H,1-7H2,(H,15,19). The van der Waals surface area contributed by atoms with Crippen molar-refractivity contribution in [3.8, 4) is 0 Å². The first kappa shape index (κ1) is 13.8. The largest absolute Gasteiger partial charge is 0.323 e. The van der Waals surface area contributed by atoms with Crippen molar-refractivity contribution in [3.63, 3.8) is 0 Å². The maximum Gasteiger partial charge on any atom is 0.263 e. The maximum absolute atomic E-state index is 13.0. The third-order valence-electron chi connectivity index (χ3n) is 4.52. The molecule has 3 heterocycles. The monoisotopic (exact) mass is 340 g/mol. The van der Waals surface area contributed by atoms with Crippen LogP contribution in [0.5, 0.6) is 0 Å². The van der Waals surface area contributed by atoms with Gasteiger partial charge in [0.2, 0.25) is 0 Å². The van der Waals surface area contributed by atoms with Gasteiger partial charge in [0.25, 0.3) is 5.56 Å². The zero-order chi connectivity index (χ0) is 14.6. The number of aryl methyl sites for hydroxylation is 2. The zero-order valence-electron chi connectivity index (χ0n) is 11.5. The fraction of sp³-hybridized carbons (Fsp3) is 0.571. The summed E-state index contributed by atoms with van der Waals surface area (Å²) in [4.78, 5) is 18.5. The van der Waals surface area contributed by atoms with Gasteiger partial charge in [-0.3, -0.25) is 13.6 Å². The Hall–Kier alpha value is -0.790. The second kappa shape index (κ2) is 5.14. The van der Waals surface area contributed by atoms with Crippen molar-refractivity contribution in [2.45, 2.75) is 38.1 Å².